The molecule has 0 spiro atoms. The van der Waals surface area contributed by atoms with Crippen molar-refractivity contribution < 1.29 is 27.9 Å². The van der Waals surface area contributed by atoms with Crippen LogP contribution in [0.3, 0.4) is 0 Å². The van der Waals surface area contributed by atoms with Gasteiger partial charge in [0.25, 0.3) is 0 Å². The molecule has 0 aliphatic rings. The summed E-state index contributed by atoms with van der Waals surface area (Å²) in [5.74, 6) is 0.0236. The zero-order chi connectivity index (χ0) is 31.7. The minimum atomic E-state index is -0.623. The number of hydrogen-bond acceptors (Lipinski definition) is 7. The van der Waals surface area contributed by atoms with E-state index in [9.17, 15) is 18.8 Å². The molecule has 0 atom stereocenters. The molecule has 1 heterocycles. The largest absolute Gasteiger partial charge is 0.455 e. The maximum atomic E-state index is 13.9. The van der Waals surface area contributed by atoms with Crippen LogP contribution >= 0.6 is 11.8 Å². The monoisotopic (exact) mass is 626 g/mol. The van der Waals surface area contributed by atoms with Crippen LogP contribution in [-0.2, 0) is 15.3 Å². The van der Waals surface area contributed by atoms with Crippen molar-refractivity contribution in [2.24, 2.45) is 0 Å². The van der Waals surface area contributed by atoms with Gasteiger partial charge >= 0.3 is 11.9 Å². The van der Waals surface area contributed by atoms with Gasteiger partial charge in [0.2, 0.25) is 5.43 Å². The number of halogens is 1. The summed E-state index contributed by atoms with van der Waals surface area (Å²) in [7, 11) is 0. The highest BCUT2D eigenvalue weighted by atomic mass is 32.2. The van der Waals surface area contributed by atoms with Crippen LogP contribution in [0.15, 0.2) is 45.6 Å². The Morgan fingerprint density at radius 2 is 1.32 bits per heavy atom. The molecule has 0 N–H and O–H groups in total. The maximum Gasteiger partial charge on any atom is 0.308 e. The lowest BCUT2D eigenvalue weighted by atomic mass is 10.0. The fourth-order valence-electron chi connectivity index (χ4n) is 5.29. The fourth-order valence-corrected chi connectivity index (χ4v) is 6.31. The van der Waals surface area contributed by atoms with Crippen LogP contribution in [0.5, 0.6) is 11.5 Å². The van der Waals surface area contributed by atoms with Crippen LogP contribution in [0.2, 0.25) is 0 Å². The average Bonchev–Trinajstić information content (AvgIpc) is 2.97. The highest BCUT2D eigenvalue weighted by Crippen LogP contribution is 2.35. The summed E-state index contributed by atoms with van der Waals surface area (Å²) in [4.78, 5) is 37.3. The minimum Gasteiger partial charge on any atom is -0.455 e. The molecule has 3 aromatic rings. The van der Waals surface area contributed by atoms with Gasteiger partial charge in [-0.2, -0.15) is 11.8 Å². The number of thioether (sulfide) groups is 1. The van der Waals surface area contributed by atoms with E-state index in [-0.39, 0.29) is 27.9 Å². The molecule has 0 saturated heterocycles. The highest BCUT2D eigenvalue weighted by Gasteiger charge is 2.21. The summed E-state index contributed by atoms with van der Waals surface area (Å²) >= 11 is 1.65. The van der Waals surface area contributed by atoms with E-state index in [4.69, 9.17) is 13.9 Å². The number of ether oxygens (including phenoxy) is 2. The van der Waals surface area contributed by atoms with Crippen molar-refractivity contribution in [1.29, 1.82) is 0 Å². The van der Waals surface area contributed by atoms with Crippen molar-refractivity contribution in [3.05, 3.63) is 58.0 Å². The highest BCUT2D eigenvalue weighted by molar-refractivity contribution is 7.98. The van der Waals surface area contributed by atoms with Crippen LogP contribution in [0.1, 0.15) is 116 Å². The number of rotatable bonds is 20. The van der Waals surface area contributed by atoms with Crippen LogP contribution in [0.4, 0.5) is 4.39 Å². The van der Waals surface area contributed by atoms with Gasteiger partial charge in [-0.3, -0.25) is 14.4 Å². The lowest BCUT2D eigenvalue weighted by Gasteiger charge is -2.13. The first-order chi connectivity index (χ1) is 21.3. The second kappa shape index (κ2) is 19.3. The lowest BCUT2D eigenvalue weighted by molar-refractivity contribution is -0.132. The molecule has 0 radical (unpaired) electrons. The predicted octanol–water partition coefficient (Wildman–Crippen LogP) is 10.2. The summed E-state index contributed by atoms with van der Waals surface area (Å²) in [5, 5.41) is 0.0917. The Bertz CT molecular complexity index is 1400. The van der Waals surface area contributed by atoms with Gasteiger partial charge in [0.05, 0.1) is 5.56 Å². The Balaban J connectivity index is 1.60. The number of unbranched alkanes of at least 4 members (excludes halogenated alkanes) is 13. The fraction of sp³-hybridized carbons (Fsp3) is 0.528. The van der Waals surface area contributed by atoms with Crippen LogP contribution in [0, 0.1) is 5.82 Å². The summed E-state index contributed by atoms with van der Waals surface area (Å²) in [6.45, 7) is 4.73. The minimum absolute atomic E-state index is 0.0381. The van der Waals surface area contributed by atoms with Crippen molar-refractivity contribution in [3.8, 4) is 22.8 Å². The molecule has 240 valence electrons. The molecule has 6 nitrogen and oxygen atoms in total. The number of benzene rings is 2. The quantitative estimate of drug-likeness (QED) is 0.0701. The van der Waals surface area contributed by atoms with Crippen molar-refractivity contribution in [2.45, 2.75) is 116 Å². The van der Waals surface area contributed by atoms with E-state index < -0.39 is 17.8 Å². The zero-order valence-electron chi connectivity index (χ0n) is 26.5. The van der Waals surface area contributed by atoms with Crippen molar-refractivity contribution in [1.82, 2.24) is 0 Å². The van der Waals surface area contributed by atoms with Crippen LogP contribution < -0.4 is 14.9 Å². The Morgan fingerprint density at radius 3 is 1.86 bits per heavy atom. The Kier molecular flexibility index (Phi) is 15.5. The molecular weight excluding hydrogens is 579 g/mol. The van der Waals surface area contributed by atoms with Gasteiger partial charge in [-0.05, 0) is 36.4 Å². The van der Waals surface area contributed by atoms with Gasteiger partial charge in [-0.1, -0.05) is 90.4 Å². The van der Waals surface area contributed by atoms with E-state index in [1.807, 2.05) is 0 Å². The van der Waals surface area contributed by atoms with Gasteiger partial charge in [0, 0.05) is 37.3 Å². The molecule has 1 aromatic heterocycles. The first-order valence-electron chi connectivity index (χ1n) is 16.1. The third kappa shape index (κ3) is 11.8. The second-order valence-electron chi connectivity index (χ2n) is 11.4. The number of carbonyl (C=O) groups is 2. The molecule has 0 fully saturated rings. The number of esters is 2. The van der Waals surface area contributed by atoms with Crippen LogP contribution in [0.25, 0.3) is 22.3 Å². The molecule has 8 heteroatoms. The normalized spacial score (nSPS) is 11.2. The number of carbonyl (C=O) groups excluding carboxylic acids is 2. The summed E-state index contributed by atoms with van der Waals surface area (Å²) in [5.41, 5.74) is 0.715. The van der Waals surface area contributed by atoms with Gasteiger partial charge < -0.3 is 13.9 Å². The molecule has 44 heavy (non-hydrogen) atoms. The van der Waals surface area contributed by atoms with Gasteiger partial charge in [0.15, 0.2) is 0 Å². The van der Waals surface area contributed by atoms with E-state index in [1.165, 1.54) is 115 Å². The van der Waals surface area contributed by atoms with Gasteiger partial charge in [0.1, 0.15) is 34.0 Å². The Hall–Kier alpha value is -3.13. The molecule has 0 bridgehead atoms. The first-order valence-corrected chi connectivity index (χ1v) is 17.3. The predicted molar refractivity (Wildman–Crippen MR) is 177 cm³/mol. The molecule has 3 rings (SSSR count). The Labute approximate surface area is 265 Å². The van der Waals surface area contributed by atoms with Gasteiger partial charge in [-0.15, -0.1) is 0 Å². The van der Waals surface area contributed by atoms with E-state index in [0.29, 0.717) is 22.6 Å². The summed E-state index contributed by atoms with van der Waals surface area (Å²) < 4.78 is 30.4. The molecule has 0 saturated carbocycles. The third-order valence-corrected chi connectivity index (χ3v) is 8.61. The second-order valence-corrected chi connectivity index (χ2v) is 12.5. The molecule has 0 aliphatic heterocycles. The number of fused-ring (bicyclic) bond motifs is 1. The molecule has 0 unspecified atom stereocenters. The molecule has 0 amide bonds. The van der Waals surface area contributed by atoms with Crippen LogP contribution in [-0.4, -0.2) is 17.7 Å². The van der Waals surface area contributed by atoms with Crippen molar-refractivity contribution in [2.75, 3.05) is 5.75 Å². The smallest absolute Gasteiger partial charge is 0.308 e. The topological polar surface area (TPSA) is 82.8 Å². The summed E-state index contributed by atoms with van der Waals surface area (Å²) in [6.07, 6.45) is 18.2. The van der Waals surface area contributed by atoms with E-state index >= 15 is 0 Å². The first kappa shape index (κ1) is 35.4. The molecule has 2 aromatic carbocycles. The van der Waals surface area contributed by atoms with Crippen molar-refractivity contribution in [3.63, 3.8) is 0 Å². The van der Waals surface area contributed by atoms with E-state index in [1.54, 1.807) is 23.9 Å². The SMILES string of the molecule is CCCCCCCCCCCCCCCCSCc1c(-c2ccc(F)cc2)oc2cc(OC(C)=O)cc(OC(C)=O)c2c1=O. The maximum absolute atomic E-state index is 13.9. The number of hydrogen-bond donors (Lipinski definition) is 0. The Morgan fingerprint density at radius 1 is 0.773 bits per heavy atom. The average molecular weight is 627 g/mol. The van der Waals surface area contributed by atoms with E-state index in [0.717, 1.165) is 18.6 Å². The standard InChI is InChI=1S/C36H47FO6S/c1-4-5-6-7-8-9-10-11-12-13-14-15-16-17-22-44-25-31-35(40)34-32(42-27(3)39)23-30(41-26(2)38)24-33(34)43-36(31)28-18-20-29(37)21-19-28/h18-21,23-24H,4-17,22,25H2,1-3H3. The zero-order valence-corrected chi connectivity index (χ0v) is 27.3. The van der Waals surface area contributed by atoms with Crippen molar-refractivity contribution >= 4 is 34.7 Å². The van der Waals surface area contributed by atoms with E-state index in [2.05, 4.69) is 6.92 Å². The third-order valence-electron chi connectivity index (χ3n) is 7.54. The van der Waals surface area contributed by atoms with Gasteiger partial charge in [-0.25, -0.2) is 4.39 Å². The lowest BCUT2D eigenvalue weighted by Crippen LogP contribution is -2.14. The summed E-state index contributed by atoms with van der Waals surface area (Å²) in [6, 6.07) is 8.50. The molecule has 0 aliphatic carbocycles. The molecular formula is C36H47FO6S.